The number of rotatable bonds is 3. The normalized spacial score (nSPS) is 26.1. The zero-order valence-corrected chi connectivity index (χ0v) is 11.2. The first-order valence-electron chi connectivity index (χ1n) is 5.88. The van der Waals surface area contributed by atoms with E-state index in [0.29, 0.717) is 10.0 Å². The van der Waals surface area contributed by atoms with Crippen LogP contribution in [0.15, 0.2) is 18.2 Å². The van der Waals surface area contributed by atoms with Crippen LogP contribution < -0.4 is 0 Å². The third-order valence-electron chi connectivity index (χ3n) is 3.35. The Kier molecular flexibility index (Phi) is 4.31. The quantitative estimate of drug-likeness (QED) is 0.908. The van der Waals surface area contributed by atoms with Gasteiger partial charge in [0.25, 0.3) is 0 Å². The molecule has 0 aromatic heterocycles. The van der Waals surface area contributed by atoms with Crippen LogP contribution in [0.1, 0.15) is 31.4 Å². The molecule has 0 saturated carbocycles. The van der Waals surface area contributed by atoms with Crippen LogP contribution in [-0.2, 0) is 4.74 Å². The maximum Gasteiger partial charge on any atom is 0.0844 e. The number of aliphatic hydroxyl groups excluding tert-OH is 1. The minimum Gasteiger partial charge on any atom is -0.388 e. The van der Waals surface area contributed by atoms with Gasteiger partial charge in [0, 0.05) is 12.5 Å². The minimum atomic E-state index is -0.530. The Morgan fingerprint density at radius 1 is 1.41 bits per heavy atom. The fourth-order valence-electron chi connectivity index (χ4n) is 2.39. The van der Waals surface area contributed by atoms with E-state index in [2.05, 4.69) is 6.92 Å². The number of benzene rings is 1. The van der Waals surface area contributed by atoms with Crippen molar-refractivity contribution >= 4 is 23.2 Å². The molecule has 0 amide bonds. The van der Waals surface area contributed by atoms with Crippen LogP contribution >= 0.6 is 23.2 Å². The van der Waals surface area contributed by atoms with Crippen molar-refractivity contribution < 1.29 is 9.84 Å². The maximum absolute atomic E-state index is 10.4. The molecular formula is C13H16Cl2O2. The molecule has 2 nitrogen and oxygen atoms in total. The van der Waals surface area contributed by atoms with Crippen LogP contribution in [0.5, 0.6) is 0 Å². The van der Waals surface area contributed by atoms with Crippen molar-refractivity contribution in [2.75, 3.05) is 6.61 Å². The Bertz CT molecular complexity index is 395. The standard InChI is InChI=1S/C13H16Cl2O2/c1-2-12-9(5-6-17-12)13(16)8-3-4-10(14)11(15)7-8/h3-4,7,9,12-13,16H,2,5-6H2,1H3. The van der Waals surface area contributed by atoms with Crippen LogP contribution in [0.3, 0.4) is 0 Å². The molecule has 94 valence electrons. The molecule has 1 aliphatic rings. The van der Waals surface area contributed by atoms with Crippen molar-refractivity contribution in [2.24, 2.45) is 5.92 Å². The van der Waals surface area contributed by atoms with Crippen molar-refractivity contribution in [1.29, 1.82) is 0 Å². The Hall–Kier alpha value is -0.280. The van der Waals surface area contributed by atoms with Gasteiger partial charge in [0.15, 0.2) is 0 Å². The Balaban J connectivity index is 2.18. The van der Waals surface area contributed by atoms with E-state index in [1.807, 2.05) is 6.07 Å². The lowest BCUT2D eigenvalue weighted by molar-refractivity contribution is 0.0307. The summed E-state index contributed by atoms with van der Waals surface area (Å²) in [5.41, 5.74) is 0.813. The predicted octanol–water partition coefficient (Wildman–Crippen LogP) is 3.84. The first-order chi connectivity index (χ1) is 8.13. The van der Waals surface area contributed by atoms with Gasteiger partial charge in [0.05, 0.1) is 22.3 Å². The van der Waals surface area contributed by atoms with Crippen molar-refractivity contribution in [1.82, 2.24) is 0 Å². The maximum atomic E-state index is 10.4. The molecule has 3 atom stereocenters. The van der Waals surface area contributed by atoms with Gasteiger partial charge in [0.1, 0.15) is 0 Å². The lowest BCUT2D eigenvalue weighted by Gasteiger charge is -2.23. The first kappa shape index (κ1) is 13.2. The summed E-state index contributed by atoms with van der Waals surface area (Å²) in [4.78, 5) is 0. The van der Waals surface area contributed by atoms with Crippen LogP contribution in [0.2, 0.25) is 10.0 Å². The molecule has 1 fully saturated rings. The number of halogens is 2. The molecule has 0 aliphatic carbocycles. The second kappa shape index (κ2) is 5.57. The predicted molar refractivity (Wildman–Crippen MR) is 69.6 cm³/mol. The van der Waals surface area contributed by atoms with Gasteiger partial charge in [-0.25, -0.2) is 0 Å². The second-order valence-corrected chi connectivity index (χ2v) is 5.20. The summed E-state index contributed by atoms with van der Waals surface area (Å²) in [5, 5.41) is 11.3. The zero-order valence-electron chi connectivity index (χ0n) is 9.70. The summed E-state index contributed by atoms with van der Waals surface area (Å²) in [6.07, 6.45) is 1.42. The number of hydrogen-bond donors (Lipinski definition) is 1. The molecule has 1 aliphatic heterocycles. The van der Waals surface area contributed by atoms with Gasteiger partial charge in [-0.2, -0.15) is 0 Å². The molecule has 0 radical (unpaired) electrons. The molecule has 1 heterocycles. The van der Waals surface area contributed by atoms with E-state index in [4.69, 9.17) is 27.9 Å². The van der Waals surface area contributed by atoms with Crippen molar-refractivity contribution in [3.05, 3.63) is 33.8 Å². The molecule has 2 rings (SSSR count). The van der Waals surface area contributed by atoms with E-state index in [-0.39, 0.29) is 12.0 Å². The van der Waals surface area contributed by atoms with Gasteiger partial charge in [-0.05, 0) is 30.5 Å². The summed E-state index contributed by atoms with van der Waals surface area (Å²) < 4.78 is 5.59. The van der Waals surface area contributed by atoms with Gasteiger partial charge >= 0.3 is 0 Å². The van der Waals surface area contributed by atoms with Crippen molar-refractivity contribution in [3.8, 4) is 0 Å². The van der Waals surface area contributed by atoms with E-state index in [1.54, 1.807) is 12.1 Å². The molecule has 17 heavy (non-hydrogen) atoms. The smallest absolute Gasteiger partial charge is 0.0844 e. The van der Waals surface area contributed by atoms with Gasteiger partial charge < -0.3 is 9.84 Å². The molecule has 3 unspecified atom stereocenters. The van der Waals surface area contributed by atoms with E-state index in [9.17, 15) is 5.11 Å². The van der Waals surface area contributed by atoms with Gasteiger partial charge in [-0.1, -0.05) is 36.2 Å². The third kappa shape index (κ3) is 2.76. The molecule has 4 heteroatoms. The number of aliphatic hydroxyl groups is 1. The van der Waals surface area contributed by atoms with Gasteiger partial charge in [-0.15, -0.1) is 0 Å². The fourth-order valence-corrected chi connectivity index (χ4v) is 2.70. The van der Waals surface area contributed by atoms with Crippen molar-refractivity contribution in [3.63, 3.8) is 0 Å². The van der Waals surface area contributed by atoms with Gasteiger partial charge in [-0.3, -0.25) is 0 Å². The summed E-state index contributed by atoms with van der Waals surface area (Å²) in [5.74, 6) is 0.150. The van der Waals surface area contributed by atoms with E-state index >= 15 is 0 Å². The van der Waals surface area contributed by atoms with E-state index < -0.39 is 6.10 Å². The van der Waals surface area contributed by atoms with Crippen LogP contribution in [-0.4, -0.2) is 17.8 Å². The highest BCUT2D eigenvalue weighted by Crippen LogP contribution is 2.36. The lowest BCUT2D eigenvalue weighted by atomic mass is 9.89. The largest absolute Gasteiger partial charge is 0.388 e. The first-order valence-corrected chi connectivity index (χ1v) is 6.63. The molecular weight excluding hydrogens is 259 g/mol. The average Bonchev–Trinajstić information content (AvgIpc) is 2.80. The second-order valence-electron chi connectivity index (χ2n) is 4.39. The highest BCUT2D eigenvalue weighted by molar-refractivity contribution is 6.42. The number of hydrogen-bond acceptors (Lipinski definition) is 2. The Morgan fingerprint density at radius 3 is 2.82 bits per heavy atom. The molecule has 1 saturated heterocycles. The molecule has 1 N–H and O–H groups in total. The molecule has 1 aromatic carbocycles. The monoisotopic (exact) mass is 274 g/mol. The zero-order chi connectivity index (χ0) is 12.4. The Morgan fingerprint density at radius 2 is 2.18 bits per heavy atom. The topological polar surface area (TPSA) is 29.5 Å². The molecule has 0 spiro atoms. The molecule has 1 aromatic rings. The fraction of sp³-hybridized carbons (Fsp3) is 0.538. The Labute approximate surface area is 111 Å². The average molecular weight is 275 g/mol. The van der Waals surface area contributed by atoms with Crippen LogP contribution in [0, 0.1) is 5.92 Å². The summed E-state index contributed by atoms with van der Waals surface area (Å²) in [7, 11) is 0. The van der Waals surface area contributed by atoms with E-state index in [1.165, 1.54) is 0 Å². The lowest BCUT2D eigenvalue weighted by Crippen LogP contribution is -2.22. The SMILES string of the molecule is CCC1OCCC1C(O)c1ccc(Cl)c(Cl)c1. The van der Waals surface area contributed by atoms with Gasteiger partial charge in [0.2, 0.25) is 0 Å². The summed E-state index contributed by atoms with van der Waals surface area (Å²) >= 11 is 11.8. The highest BCUT2D eigenvalue weighted by Gasteiger charge is 2.33. The van der Waals surface area contributed by atoms with E-state index in [0.717, 1.165) is 25.0 Å². The van der Waals surface area contributed by atoms with Crippen molar-refractivity contribution in [2.45, 2.75) is 32.0 Å². The highest BCUT2D eigenvalue weighted by atomic mass is 35.5. The summed E-state index contributed by atoms with van der Waals surface area (Å²) in [6.45, 7) is 2.80. The minimum absolute atomic E-state index is 0.138. The third-order valence-corrected chi connectivity index (χ3v) is 4.09. The number of ether oxygens (including phenoxy) is 1. The van der Waals surface area contributed by atoms with Crippen LogP contribution in [0.25, 0.3) is 0 Å². The summed E-state index contributed by atoms with van der Waals surface area (Å²) in [6, 6.07) is 5.28. The molecule has 0 bridgehead atoms. The van der Waals surface area contributed by atoms with Crippen LogP contribution in [0.4, 0.5) is 0 Å².